The first-order valence-electron chi connectivity index (χ1n) is 7.60. The van der Waals surface area contributed by atoms with Crippen LogP contribution in [0.1, 0.15) is 30.5 Å². The van der Waals surface area contributed by atoms with E-state index in [0.717, 1.165) is 11.1 Å². The van der Waals surface area contributed by atoms with E-state index in [1.54, 1.807) is 30.3 Å². The lowest BCUT2D eigenvalue weighted by Gasteiger charge is -2.15. The van der Waals surface area contributed by atoms with Gasteiger partial charge in [0.1, 0.15) is 0 Å². The summed E-state index contributed by atoms with van der Waals surface area (Å²) < 4.78 is 22.9. The molecule has 0 fully saturated rings. The summed E-state index contributed by atoms with van der Waals surface area (Å²) in [7, 11) is -3.21. The van der Waals surface area contributed by atoms with Gasteiger partial charge in [0.05, 0.1) is 10.9 Å². The van der Waals surface area contributed by atoms with E-state index in [1.807, 2.05) is 25.1 Å². The second-order valence-corrected chi connectivity index (χ2v) is 8.14. The summed E-state index contributed by atoms with van der Waals surface area (Å²) >= 11 is 6.08. The highest BCUT2D eigenvalue weighted by molar-refractivity contribution is 7.90. The fourth-order valence-electron chi connectivity index (χ4n) is 2.35. The van der Waals surface area contributed by atoms with Gasteiger partial charge in [-0.05, 0) is 42.7 Å². The minimum Gasteiger partial charge on any atom is -0.350 e. The van der Waals surface area contributed by atoms with Crippen LogP contribution in [0.15, 0.2) is 53.4 Å². The predicted octanol–water partition coefficient (Wildman–Crippen LogP) is 3.55. The largest absolute Gasteiger partial charge is 0.350 e. The van der Waals surface area contributed by atoms with Gasteiger partial charge in [-0.25, -0.2) is 8.42 Å². The molecule has 0 saturated carbocycles. The molecule has 4 nitrogen and oxygen atoms in total. The molecule has 0 aliphatic carbocycles. The van der Waals surface area contributed by atoms with Gasteiger partial charge in [-0.2, -0.15) is 0 Å². The van der Waals surface area contributed by atoms with Crippen molar-refractivity contribution in [1.82, 2.24) is 5.32 Å². The van der Waals surface area contributed by atoms with Gasteiger partial charge in [0, 0.05) is 17.7 Å². The molecule has 24 heavy (non-hydrogen) atoms. The molecule has 6 heteroatoms. The Morgan fingerprint density at radius 2 is 1.75 bits per heavy atom. The zero-order valence-electron chi connectivity index (χ0n) is 13.6. The molecular formula is C18H20ClNO3S. The van der Waals surface area contributed by atoms with Crippen LogP contribution in [0, 0.1) is 0 Å². The topological polar surface area (TPSA) is 63.2 Å². The molecule has 0 unspecified atom stereocenters. The number of aryl methyl sites for hydroxylation is 1. The highest BCUT2D eigenvalue weighted by atomic mass is 35.5. The second-order valence-electron chi connectivity index (χ2n) is 5.72. The molecule has 2 aromatic rings. The van der Waals surface area contributed by atoms with E-state index < -0.39 is 9.84 Å². The number of hydrogen-bond donors (Lipinski definition) is 1. The average molecular weight is 366 g/mol. The van der Waals surface area contributed by atoms with Gasteiger partial charge in [-0.3, -0.25) is 4.79 Å². The average Bonchev–Trinajstić information content (AvgIpc) is 2.53. The maximum absolute atomic E-state index is 12.1. The first-order valence-corrected chi connectivity index (χ1v) is 9.87. The van der Waals surface area contributed by atoms with Crippen LogP contribution in [0.2, 0.25) is 5.02 Å². The molecule has 0 saturated heterocycles. The molecule has 128 valence electrons. The number of benzene rings is 2. The fraction of sp³-hybridized carbons (Fsp3) is 0.278. The van der Waals surface area contributed by atoms with Crippen molar-refractivity contribution >= 4 is 27.3 Å². The lowest BCUT2D eigenvalue weighted by atomic mass is 10.1. The van der Waals surface area contributed by atoms with Crippen molar-refractivity contribution in [2.75, 3.05) is 6.26 Å². The van der Waals surface area contributed by atoms with Crippen molar-refractivity contribution in [3.05, 3.63) is 64.7 Å². The summed E-state index contributed by atoms with van der Waals surface area (Å²) in [6.07, 6.45) is 2.09. The molecule has 0 spiro atoms. The molecule has 1 N–H and O–H groups in total. The van der Waals surface area contributed by atoms with E-state index >= 15 is 0 Å². The van der Waals surface area contributed by atoms with E-state index in [2.05, 4.69) is 5.32 Å². The Balaban J connectivity index is 1.93. The van der Waals surface area contributed by atoms with Crippen molar-refractivity contribution < 1.29 is 13.2 Å². The highest BCUT2D eigenvalue weighted by Gasteiger charge is 2.12. The maximum atomic E-state index is 12.1. The zero-order chi connectivity index (χ0) is 17.7. The van der Waals surface area contributed by atoms with Crippen molar-refractivity contribution in [3.8, 4) is 0 Å². The molecule has 2 aromatic carbocycles. The number of nitrogens with one attached hydrogen (secondary N) is 1. The van der Waals surface area contributed by atoms with Crippen LogP contribution in [0.5, 0.6) is 0 Å². The molecule has 0 radical (unpaired) electrons. The van der Waals surface area contributed by atoms with Crippen molar-refractivity contribution in [2.45, 2.75) is 30.7 Å². The molecule has 0 heterocycles. The second kappa shape index (κ2) is 7.81. The third kappa shape index (κ3) is 5.08. The van der Waals surface area contributed by atoms with E-state index in [0.29, 0.717) is 17.9 Å². The Morgan fingerprint density at radius 3 is 2.33 bits per heavy atom. The van der Waals surface area contributed by atoms with Crippen LogP contribution in [-0.4, -0.2) is 20.6 Å². The first-order chi connectivity index (χ1) is 11.3. The minimum atomic E-state index is -3.21. The zero-order valence-corrected chi connectivity index (χ0v) is 15.2. The maximum Gasteiger partial charge on any atom is 0.220 e. The lowest BCUT2D eigenvalue weighted by Crippen LogP contribution is -2.26. The number of carbonyl (C=O) groups is 1. The van der Waals surface area contributed by atoms with Crippen LogP contribution >= 0.6 is 11.6 Å². The number of halogens is 1. The van der Waals surface area contributed by atoms with Crippen molar-refractivity contribution in [3.63, 3.8) is 0 Å². The third-order valence-corrected chi connectivity index (χ3v) is 5.26. The van der Waals surface area contributed by atoms with Crippen LogP contribution < -0.4 is 5.32 Å². The standard InChI is InChI=1S/C18H20ClNO3S/c1-13(14-7-10-16(11-8-14)24(2,22)23)20-18(21)12-9-15-5-3-4-6-17(15)19/h3-8,10-11,13H,9,12H2,1-2H3,(H,20,21)/t13-/m1/s1. The third-order valence-electron chi connectivity index (χ3n) is 3.76. The molecule has 1 atom stereocenters. The number of rotatable bonds is 6. The Hall–Kier alpha value is -1.85. The van der Waals surface area contributed by atoms with Gasteiger partial charge < -0.3 is 5.32 Å². The smallest absolute Gasteiger partial charge is 0.220 e. The highest BCUT2D eigenvalue weighted by Crippen LogP contribution is 2.18. The summed E-state index contributed by atoms with van der Waals surface area (Å²) in [5, 5.41) is 3.57. The minimum absolute atomic E-state index is 0.0744. The molecular weight excluding hydrogens is 346 g/mol. The van der Waals surface area contributed by atoms with Crippen LogP contribution in [-0.2, 0) is 21.1 Å². The molecule has 0 bridgehead atoms. The van der Waals surface area contributed by atoms with Crippen molar-refractivity contribution in [1.29, 1.82) is 0 Å². The number of hydrogen-bond acceptors (Lipinski definition) is 3. The first kappa shape index (κ1) is 18.5. The number of sulfone groups is 1. The molecule has 1 amide bonds. The van der Waals surface area contributed by atoms with E-state index in [1.165, 1.54) is 6.26 Å². The quantitative estimate of drug-likeness (QED) is 0.851. The van der Waals surface area contributed by atoms with Gasteiger partial charge in [0.25, 0.3) is 0 Å². The van der Waals surface area contributed by atoms with Crippen LogP contribution in [0.25, 0.3) is 0 Å². The fourth-order valence-corrected chi connectivity index (χ4v) is 3.21. The molecule has 0 aliphatic rings. The van der Waals surface area contributed by atoms with Gasteiger partial charge in [0.15, 0.2) is 9.84 Å². The summed E-state index contributed by atoms with van der Waals surface area (Å²) in [5.41, 5.74) is 1.80. The molecule has 2 rings (SSSR count). The summed E-state index contributed by atoms with van der Waals surface area (Å²) in [6, 6.07) is 13.8. The lowest BCUT2D eigenvalue weighted by molar-refractivity contribution is -0.121. The summed E-state index contributed by atoms with van der Waals surface area (Å²) in [4.78, 5) is 12.4. The Kier molecular flexibility index (Phi) is 6.02. The Labute approximate surface area is 147 Å². The Bertz CT molecular complexity index is 816. The molecule has 0 aromatic heterocycles. The predicted molar refractivity (Wildman–Crippen MR) is 95.9 cm³/mol. The molecule has 0 aliphatic heterocycles. The summed E-state index contributed by atoms with van der Waals surface area (Å²) in [6.45, 7) is 1.86. The van der Waals surface area contributed by atoms with E-state index in [9.17, 15) is 13.2 Å². The van der Waals surface area contributed by atoms with Crippen LogP contribution in [0.4, 0.5) is 0 Å². The van der Waals surface area contributed by atoms with Crippen molar-refractivity contribution in [2.24, 2.45) is 0 Å². The van der Waals surface area contributed by atoms with Gasteiger partial charge in [-0.15, -0.1) is 0 Å². The van der Waals surface area contributed by atoms with Gasteiger partial charge >= 0.3 is 0 Å². The van der Waals surface area contributed by atoms with Gasteiger partial charge in [-0.1, -0.05) is 41.9 Å². The Morgan fingerprint density at radius 1 is 1.12 bits per heavy atom. The van der Waals surface area contributed by atoms with E-state index in [4.69, 9.17) is 11.6 Å². The number of carbonyl (C=O) groups excluding carboxylic acids is 1. The van der Waals surface area contributed by atoms with Crippen LogP contribution in [0.3, 0.4) is 0 Å². The van der Waals surface area contributed by atoms with E-state index in [-0.39, 0.29) is 16.8 Å². The SMILES string of the molecule is C[C@@H](NC(=O)CCc1ccccc1Cl)c1ccc(S(C)(=O)=O)cc1. The summed E-state index contributed by atoms with van der Waals surface area (Å²) in [5.74, 6) is -0.0744. The number of amides is 1. The normalized spacial score (nSPS) is 12.6. The van der Waals surface area contributed by atoms with Gasteiger partial charge in [0.2, 0.25) is 5.91 Å². The monoisotopic (exact) mass is 365 g/mol.